The lowest BCUT2D eigenvalue weighted by Crippen LogP contribution is -2.51. The van der Waals surface area contributed by atoms with Crippen LogP contribution in [0.4, 0.5) is 4.79 Å². The number of likely N-dealkylation sites (N-methyl/N-ethyl adjacent to an activating group) is 1. The molecule has 33 heavy (non-hydrogen) atoms. The van der Waals surface area contributed by atoms with Gasteiger partial charge in [-0.25, -0.2) is 9.78 Å². The van der Waals surface area contributed by atoms with Crippen molar-refractivity contribution in [3.05, 3.63) is 47.5 Å². The number of rotatable bonds is 7. The van der Waals surface area contributed by atoms with Crippen LogP contribution < -0.4 is 10.1 Å². The van der Waals surface area contributed by atoms with Gasteiger partial charge in [-0.3, -0.25) is 4.90 Å². The zero-order chi connectivity index (χ0) is 22.6. The van der Waals surface area contributed by atoms with E-state index in [1.807, 2.05) is 22.5 Å². The molecule has 2 amide bonds. The molecule has 0 aliphatic carbocycles. The number of carbonyl (C=O) groups is 1. The molecule has 2 bridgehead atoms. The molecule has 8 heteroatoms. The second-order valence-electron chi connectivity index (χ2n) is 9.62. The van der Waals surface area contributed by atoms with Crippen molar-refractivity contribution in [3.8, 4) is 5.19 Å². The number of ether oxygens (including phenoxy) is 1. The topological polar surface area (TPSA) is 60.9 Å². The summed E-state index contributed by atoms with van der Waals surface area (Å²) in [6.45, 7) is 4.46. The molecule has 1 aromatic heterocycles. The molecule has 3 atom stereocenters. The normalized spacial score (nSPS) is 26.8. The van der Waals surface area contributed by atoms with Crippen LogP contribution in [0.3, 0.4) is 0 Å². The maximum absolute atomic E-state index is 13.0. The van der Waals surface area contributed by atoms with E-state index in [0.29, 0.717) is 12.1 Å². The smallest absolute Gasteiger partial charge is 0.317 e. The first kappa shape index (κ1) is 22.6. The van der Waals surface area contributed by atoms with E-state index in [2.05, 4.69) is 51.4 Å². The Morgan fingerprint density at radius 1 is 1.15 bits per heavy atom. The van der Waals surface area contributed by atoms with Crippen LogP contribution >= 0.6 is 11.3 Å². The van der Waals surface area contributed by atoms with Crippen LogP contribution in [-0.4, -0.2) is 83.7 Å². The summed E-state index contributed by atoms with van der Waals surface area (Å²) >= 11 is 1.58. The number of benzene rings is 1. The molecule has 3 saturated heterocycles. The number of urea groups is 1. The van der Waals surface area contributed by atoms with Gasteiger partial charge in [0.1, 0.15) is 6.10 Å². The van der Waals surface area contributed by atoms with E-state index in [1.54, 1.807) is 11.3 Å². The van der Waals surface area contributed by atoms with Gasteiger partial charge in [0.05, 0.1) is 6.04 Å². The third-order valence-electron chi connectivity index (χ3n) is 7.48. The van der Waals surface area contributed by atoms with Gasteiger partial charge in [0.2, 0.25) is 0 Å². The molecule has 0 saturated carbocycles. The van der Waals surface area contributed by atoms with Gasteiger partial charge in [-0.2, -0.15) is 0 Å². The summed E-state index contributed by atoms with van der Waals surface area (Å²) in [6.07, 6.45) is 7.63. The number of nitrogens with zero attached hydrogens (tertiary/aromatic N) is 4. The van der Waals surface area contributed by atoms with E-state index in [-0.39, 0.29) is 18.2 Å². The van der Waals surface area contributed by atoms with E-state index in [4.69, 9.17) is 4.74 Å². The molecule has 2 aromatic rings. The molecule has 7 nitrogen and oxygen atoms in total. The number of carbonyl (C=O) groups excluding carboxylic acids is 1. The largest absolute Gasteiger partial charge is 0.467 e. The highest BCUT2D eigenvalue weighted by Crippen LogP contribution is 2.38. The number of aromatic nitrogens is 1. The highest BCUT2D eigenvalue weighted by Gasteiger charge is 2.41. The second kappa shape index (κ2) is 10.4. The first-order valence-corrected chi connectivity index (χ1v) is 13.1. The predicted molar refractivity (Wildman–Crippen MR) is 131 cm³/mol. The van der Waals surface area contributed by atoms with Gasteiger partial charge in [-0.05, 0) is 44.7 Å². The standard InChI is InChI=1S/C25H35N5O2S/c1-28-12-14-29(15-13-28)24(31)27-23(19-5-3-2-4-6-19)9-11-30-20-7-8-21(30)18-22(17-20)32-25-26-10-16-33-25/h2-6,10,16,20-23H,7-9,11-15,17-18H2,1H3,(H,27,31)/t20-,21-,23-/m0/s1. The minimum absolute atomic E-state index is 0.0297. The average molecular weight is 470 g/mol. The number of nitrogens with one attached hydrogen (secondary N) is 1. The minimum Gasteiger partial charge on any atom is -0.467 e. The summed E-state index contributed by atoms with van der Waals surface area (Å²) in [5.74, 6) is 0. The van der Waals surface area contributed by atoms with Crippen LogP contribution in [0.5, 0.6) is 5.19 Å². The number of hydrogen-bond donors (Lipinski definition) is 1. The third kappa shape index (κ3) is 5.50. The van der Waals surface area contributed by atoms with Gasteiger partial charge in [-0.15, -0.1) is 0 Å². The second-order valence-corrected chi connectivity index (χ2v) is 10.5. The molecule has 0 unspecified atom stereocenters. The van der Waals surface area contributed by atoms with Crippen molar-refractivity contribution in [2.24, 2.45) is 0 Å². The average Bonchev–Trinajstić information content (AvgIpc) is 3.42. The fraction of sp³-hybridized carbons (Fsp3) is 0.600. The number of amides is 2. The number of thiazole rings is 1. The van der Waals surface area contributed by atoms with Crippen molar-refractivity contribution in [1.82, 2.24) is 25.0 Å². The molecule has 178 valence electrons. The third-order valence-corrected chi connectivity index (χ3v) is 8.15. The van der Waals surface area contributed by atoms with E-state index in [9.17, 15) is 4.79 Å². The van der Waals surface area contributed by atoms with Crippen molar-refractivity contribution < 1.29 is 9.53 Å². The van der Waals surface area contributed by atoms with Gasteiger partial charge in [0.15, 0.2) is 0 Å². The fourth-order valence-corrected chi connectivity index (χ4v) is 6.18. The minimum atomic E-state index is 0.0297. The maximum atomic E-state index is 13.0. The van der Waals surface area contributed by atoms with Gasteiger partial charge in [0, 0.05) is 56.4 Å². The van der Waals surface area contributed by atoms with Gasteiger partial charge in [0.25, 0.3) is 5.19 Å². The lowest BCUT2D eigenvalue weighted by Gasteiger charge is -2.39. The number of piperazine rings is 1. The van der Waals surface area contributed by atoms with Crippen molar-refractivity contribution in [1.29, 1.82) is 0 Å². The Kier molecular flexibility index (Phi) is 7.13. The van der Waals surface area contributed by atoms with Crippen LogP contribution in [0.25, 0.3) is 0 Å². The lowest BCUT2D eigenvalue weighted by atomic mass is 9.97. The molecule has 3 aliphatic heterocycles. The number of piperidine rings is 1. The van der Waals surface area contributed by atoms with Crippen molar-refractivity contribution >= 4 is 17.4 Å². The van der Waals surface area contributed by atoms with Crippen molar-refractivity contribution in [3.63, 3.8) is 0 Å². The van der Waals surface area contributed by atoms with E-state index >= 15 is 0 Å². The zero-order valence-electron chi connectivity index (χ0n) is 19.4. The summed E-state index contributed by atoms with van der Waals surface area (Å²) < 4.78 is 6.16. The molecule has 3 aliphatic rings. The monoisotopic (exact) mass is 469 g/mol. The lowest BCUT2D eigenvalue weighted by molar-refractivity contribution is 0.0469. The molecule has 3 fully saturated rings. The molecule has 4 heterocycles. The summed E-state index contributed by atoms with van der Waals surface area (Å²) in [5, 5.41) is 6.12. The van der Waals surface area contributed by atoms with Crippen LogP contribution in [-0.2, 0) is 0 Å². The van der Waals surface area contributed by atoms with Crippen LogP contribution in [0.15, 0.2) is 41.9 Å². The summed E-state index contributed by atoms with van der Waals surface area (Å²) in [6, 6.07) is 11.7. The molecular weight excluding hydrogens is 434 g/mol. The maximum Gasteiger partial charge on any atom is 0.317 e. The quantitative estimate of drug-likeness (QED) is 0.671. The Morgan fingerprint density at radius 2 is 1.88 bits per heavy atom. The summed E-state index contributed by atoms with van der Waals surface area (Å²) in [5.41, 5.74) is 1.19. The molecule has 1 N–H and O–H groups in total. The van der Waals surface area contributed by atoms with E-state index in [1.165, 1.54) is 18.4 Å². The van der Waals surface area contributed by atoms with E-state index in [0.717, 1.165) is 57.2 Å². The zero-order valence-corrected chi connectivity index (χ0v) is 20.3. The fourth-order valence-electron chi connectivity index (χ4n) is 5.63. The van der Waals surface area contributed by atoms with Gasteiger partial charge in [-0.1, -0.05) is 41.7 Å². The number of hydrogen-bond acceptors (Lipinski definition) is 6. The van der Waals surface area contributed by atoms with Gasteiger partial charge >= 0.3 is 6.03 Å². The molecule has 0 radical (unpaired) electrons. The Balaban J connectivity index is 1.19. The van der Waals surface area contributed by atoms with Crippen molar-refractivity contribution in [2.45, 2.75) is 56.3 Å². The van der Waals surface area contributed by atoms with E-state index < -0.39 is 0 Å². The Bertz CT molecular complexity index is 873. The SMILES string of the molecule is CN1CCN(C(=O)N[C@@H](CCN2[C@H]3CC[C@H]2CC(Oc2nccs2)C3)c2ccccc2)CC1. The molecule has 1 aromatic carbocycles. The first-order chi connectivity index (χ1) is 16.2. The van der Waals surface area contributed by atoms with Crippen molar-refractivity contribution in [2.75, 3.05) is 39.8 Å². The van der Waals surface area contributed by atoms with Crippen LogP contribution in [0, 0.1) is 0 Å². The number of fused-ring (bicyclic) bond motifs is 2. The molecule has 0 spiro atoms. The Morgan fingerprint density at radius 3 is 2.55 bits per heavy atom. The van der Waals surface area contributed by atoms with Crippen LogP contribution in [0.1, 0.15) is 43.7 Å². The van der Waals surface area contributed by atoms with Crippen LogP contribution in [0.2, 0.25) is 0 Å². The molecular formula is C25H35N5O2S. The Labute approximate surface area is 200 Å². The first-order valence-electron chi connectivity index (χ1n) is 12.3. The summed E-state index contributed by atoms with van der Waals surface area (Å²) in [4.78, 5) is 24.2. The molecule has 5 rings (SSSR count). The highest BCUT2D eigenvalue weighted by molar-refractivity contribution is 7.11. The Hall–Kier alpha value is -2.16. The highest BCUT2D eigenvalue weighted by atomic mass is 32.1. The summed E-state index contributed by atoms with van der Waals surface area (Å²) in [7, 11) is 2.11. The van der Waals surface area contributed by atoms with Gasteiger partial charge < -0.3 is 19.9 Å². The predicted octanol–water partition coefficient (Wildman–Crippen LogP) is 3.61.